The van der Waals surface area contributed by atoms with Crippen molar-refractivity contribution in [1.29, 1.82) is 0 Å². The first-order valence-electron chi connectivity index (χ1n) is 8.09. The summed E-state index contributed by atoms with van der Waals surface area (Å²) in [5.74, 6) is -1.27. The van der Waals surface area contributed by atoms with Crippen molar-refractivity contribution >= 4 is 11.9 Å². The first-order chi connectivity index (χ1) is 12.0. The van der Waals surface area contributed by atoms with E-state index < -0.39 is 18.1 Å². The van der Waals surface area contributed by atoms with Gasteiger partial charge in [0, 0.05) is 13.0 Å². The number of nitrogens with two attached hydrogens (primary N) is 1. The molecule has 1 heterocycles. The number of rotatable bonds is 4. The van der Waals surface area contributed by atoms with Gasteiger partial charge < -0.3 is 20.8 Å². The third-order valence-corrected chi connectivity index (χ3v) is 4.53. The predicted molar refractivity (Wildman–Crippen MR) is 91.9 cm³/mol. The normalized spacial score (nSPS) is 17.6. The second-order valence-corrected chi connectivity index (χ2v) is 6.27. The smallest absolute Gasteiger partial charge is 0.326 e. The number of amides is 1. The van der Waals surface area contributed by atoms with E-state index in [-0.39, 0.29) is 31.0 Å². The van der Waals surface area contributed by atoms with Gasteiger partial charge in [0.1, 0.15) is 11.8 Å². The lowest BCUT2D eigenvalue weighted by atomic mass is 9.93. The summed E-state index contributed by atoms with van der Waals surface area (Å²) in [6.07, 6.45) is 0.562. The summed E-state index contributed by atoms with van der Waals surface area (Å²) in [6, 6.07) is 12.2. The number of carbonyl (C=O) groups is 2. The molecule has 1 amide bonds. The number of nitrogens with zero attached hydrogens (tertiary/aromatic N) is 1. The number of benzene rings is 2. The fraction of sp³-hybridized carbons (Fsp3) is 0.263. The molecule has 0 radical (unpaired) electrons. The molecule has 3 rings (SSSR count). The Morgan fingerprint density at radius 1 is 1.12 bits per heavy atom. The van der Waals surface area contributed by atoms with Gasteiger partial charge in [-0.3, -0.25) is 4.79 Å². The SMILES string of the molecule is N[C@@H](Cc1ccc(O)cc1)C(=O)N1Cc2ccccc2CC1C(=O)O. The van der Waals surface area contributed by atoms with Crippen molar-refractivity contribution < 1.29 is 19.8 Å². The van der Waals surface area contributed by atoms with E-state index in [1.54, 1.807) is 12.1 Å². The topological polar surface area (TPSA) is 104 Å². The van der Waals surface area contributed by atoms with Crippen LogP contribution < -0.4 is 5.73 Å². The van der Waals surface area contributed by atoms with Gasteiger partial charge in [0.05, 0.1) is 6.04 Å². The van der Waals surface area contributed by atoms with Gasteiger partial charge in [-0.2, -0.15) is 0 Å². The monoisotopic (exact) mass is 340 g/mol. The largest absolute Gasteiger partial charge is 0.508 e. The Bertz CT molecular complexity index is 788. The van der Waals surface area contributed by atoms with Crippen molar-refractivity contribution in [3.05, 3.63) is 65.2 Å². The maximum absolute atomic E-state index is 12.8. The van der Waals surface area contributed by atoms with Gasteiger partial charge in [-0.25, -0.2) is 4.79 Å². The highest BCUT2D eigenvalue weighted by Gasteiger charge is 2.36. The maximum Gasteiger partial charge on any atom is 0.326 e. The average molecular weight is 340 g/mol. The summed E-state index contributed by atoms with van der Waals surface area (Å²) < 4.78 is 0. The molecule has 1 aliphatic heterocycles. The zero-order valence-electron chi connectivity index (χ0n) is 13.6. The number of phenols is 1. The molecule has 0 bridgehead atoms. The minimum Gasteiger partial charge on any atom is -0.508 e. The van der Waals surface area contributed by atoms with Gasteiger partial charge in [-0.05, 0) is 35.2 Å². The molecule has 2 aromatic rings. The van der Waals surface area contributed by atoms with E-state index in [0.29, 0.717) is 0 Å². The lowest BCUT2D eigenvalue weighted by molar-refractivity contribution is -0.152. The summed E-state index contributed by atoms with van der Waals surface area (Å²) in [6.45, 7) is 0.245. The Labute approximate surface area is 145 Å². The van der Waals surface area contributed by atoms with Crippen LogP contribution in [0.25, 0.3) is 0 Å². The van der Waals surface area contributed by atoms with E-state index in [4.69, 9.17) is 5.73 Å². The predicted octanol–water partition coefficient (Wildman–Crippen LogP) is 1.30. The molecule has 0 saturated carbocycles. The number of aliphatic carboxylic acids is 1. The van der Waals surface area contributed by atoms with Gasteiger partial charge in [0.15, 0.2) is 0 Å². The van der Waals surface area contributed by atoms with Crippen LogP contribution in [-0.4, -0.2) is 39.1 Å². The van der Waals surface area contributed by atoms with Gasteiger partial charge in [0.25, 0.3) is 0 Å². The van der Waals surface area contributed by atoms with Gasteiger partial charge in [-0.1, -0.05) is 36.4 Å². The van der Waals surface area contributed by atoms with Gasteiger partial charge in [0.2, 0.25) is 5.91 Å². The number of carboxylic acids is 1. The molecule has 0 aliphatic carbocycles. The van der Waals surface area contributed by atoms with Crippen LogP contribution in [0.15, 0.2) is 48.5 Å². The van der Waals surface area contributed by atoms with Gasteiger partial charge in [-0.15, -0.1) is 0 Å². The summed E-state index contributed by atoms with van der Waals surface area (Å²) in [5.41, 5.74) is 8.76. The van der Waals surface area contributed by atoms with E-state index in [9.17, 15) is 19.8 Å². The molecule has 2 aromatic carbocycles. The van der Waals surface area contributed by atoms with Crippen molar-refractivity contribution in [3.8, 4) is 5.75 Å². The second-order valence-electron chi connectivity index (χ2n) is 6.27. The van der Waals surface area contributed by atoms with Crippen LogP contribution >= 0.6 is 0 Å². The van der Waals surface area contributed by atoms with E-state index in [2.05, 4.69) is 0 Å². The molecule has 0 aromatic heterocycles. The summed E-state index contributed by atoms with van der Waals surface area (Å²) in [4.78, 5) is 25.8. The minimum absolute atomic E-state index is 0.141. The van der Waals surface area contributed by atoms with E-state index in [1.165, 1.54) is 17.0 Å². The quantitative estimate of drug-likeness (QED) is 0.778. The number of fused-ring (bicyclic) bond motifs is 1. The van der Waals surface area contributed by atoms with Crippen LogP contribution in [0, 0.1) is 0 Å². The zero-order chi connectivity index (χ0) is 18.0. The molecule has 0 fully saturated rings. The van der Waals surface area contributed by atoms with Crippen molar-refractivity contribution in [2.75, 3.05) is 0 Å². The lowest BCUT2D eigenvalue weighted by Crippen LogP contribution is -2.54. The summed E-state index contributed by atoms with van der Waals surface area (Å²) in [7, 11) is 0. The number of carbonyl (C=O) groups excluding carboxylic acids is 1. The van der Waals surface area contributed by atoms with Crippen LogP contribution in [0.1, 0.15) is 16.7 Å². The summed E-state index contributed by atoms with van der Waals surface area (Å²) >= 11 is 0. The Morgan fingerprint density at radius 2 is 1.76 bits per heavy atom. The molecular weight excluding hydrogens is 320 g/mol. The van der Waals surface area contributed by atoms with Crippen LogP contribution in [0.2, 0.25) is 0 Å². The average Bonchev–Trinajstić information content (AvgIpc) is 2.61. The highest BCUT2D eigenvalue weighted by Crippen LogP contribution is 2.24. The van der Waals surface area contributed by atoms with Crippen LogP contribution in [0.5, 0.6) is 5.75 Å². The highest BCUT2D eigenvalue weighted by molar-refractivity contribution is 5.87. The molecule has 6 heteroatoms. The third kappa shape index (κ3) is 3.64. The first-order valence-corrected chi connectivity index (χ1v) is 8.09. The highest BCUT2D eigenvalue weighted by atomic mass is 16.4. The molecule has 2 atom stereocenters. The molecule has 130 valence electrons. The number of aromatic hydroxyl groups is 1. The number of hydrogen-bond donors (Lipinski definition) is 3. The standard InChI is InChI=1S/C19H20N2O4/c20-16(9-12-5-7-15(22)8-6-12)18(23)21-11-14-4-2-1-3-13(14)10-17(21)19(24)25/h1-8,16-17,22H,9-11,20H2,(H,24,25)/t16-,17?/m0/s1. The molecule has 1 aliphatic rings. The number of phenolic OH excluding ortho intramolecular Hbond substituents is 1. The van der Waals surface area contributed by atoms with E-state index in [0.717, 1.165) is 16.7 Å². The molecule has 25 heavy (non-hydrogen) atoms. The van der Waals surface area contributed by atoms with E-state index >= 15 is 0 Å². The number of hydrogen-bond acceptors (Lipinski definition) is 4. The van der Waals surface area contributed by atoms with Crippen LogP contribution in [-0.2, 0) is 29.0 Å². The van der Waals surface area contributed by atoms with Crippen molar-refractivity contribution in [2.24, 2.45) is 5.73 Å². The molecule has 4 N–H and O–H groups in total. The summed E-state index contributed by atoms with van der Waals surface area (Å²) in [5, 5.41) is 18.8. The van der Waals surface area contributed by atoms with Crippen molar-refractivity contribution in [2.45, 2.75) is 31.5 Å². The van der Waals surface area contributed by atoms with Crippen molar-refractivity contribution in [3.63, 3.8) is 0 Å². The first kappa shape index (κ1) is 17.0. The lowest BCUT2D eigenvalue weighted by Gasteiger charge is -2.36. The van der Waals surface area contributed by atoms with Crippen LogP contribution in [0.4, 0.5) is 0 Å². The Morgan fingerprint density at radius 3 is 2.40 bits per heavy atom. The fourth-order valence-electron chi connectivity index (χ4n) is 3.16. The number of carboxylic acid groups (broad SMARTS) is 1. The Balaban J connectivity index is 1.79. The fourth-order valence-corrected chi connectivity index (χ4v) is 3.16. The van der Waals surface area contributed by atoms with Gasteiger partial charge >= 0.3 is 5.97 Å². The molecule has 1 unspecified atom stereocenters. The minimum atomic E-state index is -1.03. The Kier molecular flexibility index (Phi) is 4.72. The third-order valence-electron chi connectivity index (χ3n) is 4.53. The molecule has 0 spiro atoms. The molecular formula is C19H20N2O4. The second kappa shape index (κ2) is 6.94. The maximum atomic E-state index is 12.8. The van der Waals surface area contributed by atoms with E-state index in [1.807, 2.05) is 24.3 Å². The van der Waals surface area contributed by atoms with Crippen LogP contribution in [0.3, 0.4) is 0 Å². The van der Waals surface area contributed by atoms with Crippen molar-refractivity contribution in [1.82, 2.24) is 4.90 Å². The molecule has 6 nitrogen and oxygen atoms in total. The Hall–Kier alpha value is -2.86. The zero-order valence-corrected chi connectivity index (χ0v) is 13.6. The molecule has 0 saturated heterocycles.